The number of para-hydroxylation sites is 2. The number of nitrogens with one attached hydrogen (secondary N) is 2. The molecule has 3 aromatic carbocycles. The maximum atomic E-state index is 12.6. The number of carbonyl (C=O) groups is 2. The lowest BCUT2D eigenvalue weighted by atomic mass is 10.1. The molecule has 0 unspecified atom stereocenters. The third-order valence-corrected chi connectivity index (χ3v) is 5.19. The predicted octanol–water partition coefficient (Wildman–Crippen LogP) is 5.52. The number of anilines is 2. The Morgan fingerprint density at radius 3 is 2.45 bits per heavy atom. The van der Waals surface area contributed by atoms with Gasteiger partial charge in [-0.25, -0.2) is 0 Å². The van der Waals surface area contributed by atoms with Crippen molar-refractivity contribution in [3.8, 4) is 11.8 Å². The summed E-state index contributed by atoms with van der Waals surface area (Å²) in [6, 6.07) is 21.1. The van der Waals surface area contributed by atoms with Crippen LogP contribution in [0.2, 0.25) is 5.02 Å². The van der Waals surface area contributed by atoms with Crippen LogP contribution < -0.4 is 15.4 Å². The minimum Gasteiger partial charge on any atom is -0.483 e. The number of hydrogen-bond acceptors (Lipinski definition) is 4. The molecule has 0 atom stereocenters. The molecular weight excluding hydrogens is 438 g/mol. The zero-order chi connectivity index (χ0) is 23.8. The molecule has 33 heavy (non-hydrogen) atoms. The number of amides is 2. The lowest BCUT2D eigenvalue weighted by Gasteiger charge is -2.11. The fourth-order valence-electron chi connectivity index (χ4n) is 2.95. The minimum atomic E-state index is -0.604. The van der Waals surface area contributed by atoms with Crippen molar-refractivity contribution >= 4 is 40.9 Å². The summed E-state index contributed by atoms with van der Waals surface area (Å²) < 4.78 is 5.67. The molecule has 166 valence electrons. The van der Waals surface area contributed by atoms with E-state index in [2.05, 4.69) is 10.6 Å². The second-order valence-corrected chi connectivity index (χ2v) is 7.68. The fourth-order valence-corrected chi connectivity index (χ4v) is 3.13. The summed E-state index contributed by atoms with van der Waals surface area (Å²) in [7, 11) is 0. The van der Waals surface area contributed by atoms with Gasteiger partial charge in [0, 0.05) is 11.3 Å². The fraction of sp³-hybridized carbons (Fsp3) is 0.115. The summed E-state index contributed by atoms with van der Waals surface area (Å²) >= 11 is 6.07. The molecule has 0 fully saturated rings. The number of ether oxygens (including phenoxy) is 1. The van der Waals surface area contributed by atoms with E-state index in [-0.39, 0.29) is 18.1 Å². The Bertz CT molecular complexity index is 1260. The third kappa shape index (κ3) is 6.45. The van der Waals surface area contributed by atoms with Crippen LogP contribution in [0, 0.1) is 25.2 Å². The highest BCUT2D eigenvalue weighted by atomic mass is 35.5. The van der Waals surface area contributed by atoms with Gasteiger partial charge in [0.2, 0.25) is 0 Å². The molecule has 7 heteroatoms. The van der Waals surface area contributed by atoms with Crippen LogP contribution in [0.4, 0.5) is 11.4 Å². The zero-order valence-electron chi connectivity index (χ0n) is 18.2. The summed E-state index contributed by atoms with van der Waals surface area (Å²) in [5, 5.41) is 15.3. The van der Waals surface area contributed by atoms with Gasteiger partial charge in [0.15, 0.2) is 6.61 Å². The first-order valence-corrected chi connectivity index (χ1v) is 10.5. The van der Waals surface area contributed by atoms with Crippen LogP contribution in [-0.2, 0) is 9.59 Å². The molecule has 0 saturated carbocycles. The molecular formula is C26H22ClN3O3. The van der Waals surface area contributed by atoms with Gasteiger partial charge in [-0.05, 0) is 61.4 Å². The number of hydrogen-bond donors (Lipinski definition) is 2. The molecule has 0 aliphatic carbocycles. The largest absolute Gasteiger partial charge is 0.483 e. The van der Waals surface area contributed by atoms with Crippen LogP contribution in [-0.4, -0.2) is 18.4 Å². The Morgan fingerprint density at radius 1 is 1.00 bits per heavy atom. The van der Waals surface area contributed by atoms with Crippen LogP contribution in [0.25, 0.3) is 6.08 Å². The normalized spacial score (nSPS) is 10.8. The highest BCUT2D eigenvalue weighted by Gasteiger charge is 2.13. The lowest BCUT2D eigenvalue weighted by Crippen LogP contribution is -2.20. The van der Waals surface area contributed by atoms with Crippen molar-refractivity contribution < 1.29 is 14.3 Å². The Labute approximate surface area is 197 Å². The maximum absolute atomic E-state index is 12.6. The van der Waals surface area contributed by atoms with E-state index < -0.39 is 5.91 Å². The molecule has 0 spiro atoms. The summed E-state index contributed by atoms with van der Waals surface area (Å²) in [4.78, 5) is 24.9. The standard InChI is InChI=1S/C26H22ClN3O3/c1-17-11-12-21(13-18(17)2)29-25(31)16-33-24-10-6-3-7-19(24)14-20(15-28)26(32)30-23-9-5-4-8-22(23)27/h3-14H,16H2,1-2H3,(H,29,31)(H,30,32)/b20-14+. The number of benzene rings is 3. The SMILES string of the molecule is Cc1ccc(NC(=O)COc2ccccc2/C=C(\C#N)C(=O)Nc2ccccc2Cl)cc1C. The number of nitriles is 1. The predicted molar refractivity (Wildman–Crippen MR) is 130 cm³/mol. The van der Waals surface area contributed by atoms with Crippen LogP contribution in [0.1, 0.15) is 16.7 Å². The van der Waals surface area contributed by atoms with E-state index in [0.717, 1.165) is 11.1 Å². The maximum Gasteiger partial charge on any atom is 0.266 e. The van der Waals surface area contributed by atoms with Crippen molar-refractivity contribution in [2.24, 2.45) is 0 Å². The van der Waals surface area contributed by atoms with Crippen molar-refractivity contribution in [2.45, 2.75) is 13.8 Å². The molecule has 0 aliphatic rings. The second kappa shape index (κ2) is 11.0. The topological polar surface area (TPSA) is 91.2 Å². The number of aryl methyl sites for hydroxylation is 2. The van der Waals surface area contributed by atoms with Gasteiger partial charge in [0.1, 0.15) is 17.4 Å². The highest BCUT2D eigenvalue weighted by Crippen LogP contribution is 2.24. The summed E-state index contributed by atoms with van der Waals surface area (Å²) in [6.07, 6.45) is 1.41. The monoisotopic (exact) mass is 459 g/mol. The van der Waals surface area contributed by atoms with Crippen molar-refractivity contribution in [3.63, 3.8) is 0 Å². The average Bonchev–Trinajstić information content (AvgIpc) is 2.80. The molecule has 6 nitrogen and oxygen atoms in total. The molecule has 0 bridgehead atoms. The Morgan fingerprint density at radius 2 is 1.73 bits per heavy atom. The van der Waals surface area contributed by atoms with E-state index in [4.69, 9.17) is 16.3 Å². The third-order valence-electron chi connectivity index (χ3n) is 4.86. The van der Waals surface area contributed by atoms with Crippen LogP contribution >= 0.6 is 11.6 Å². The summed E-state index contributed by atoms with van der Waals surface area (Å²) in [5.41, 5.74) is 3.65. The van der Waals surface area contributed by atoms with Gasteiger partial charge in [-0.2, -0.15) is 5.26 Å². The molecule has 0 aromatic heterocycles. The lowest BCUT2D eigenvalue weighted by molar-refractivity contribution is -0.118. The van der Waals surface area contributed by atoms with E-state index in [0.29, 0.717) is 27.7 Å². The molecule has 3 aromatic rings. The van der Waals surface area contributed by atoms with E-state index in [1.165, 1.54) is 6.08 Å². The smallest absolute Gasteiger partial charge is 0.266 e. The van der Waals surface area contributed by atoms with Gasteiger partial charge in [0.25, 0.3) is 11.8 Å². The second-order valence-electron chi connectivity index (χ2n) is 7.28. The molecule has 0 radical (unpaired) electrons. The van der Waals surface area contributed by atoms with Gasteiger partial charge >= 0.3 is 0 Å². The zero-order valence-corrected chi connectivity index (χ0v) is 18.9. The number of halogens is 1. The average molecular weight is 460 g/mol. The van der Waals surface area contributed by atoms with Crippen LogP contribution in [0.3, 0.4) is 0 Å². The van der Waals surface area contributed by atoms with Gasteiger partial charge < -0.3 is 15.4 Å². The van der Waals surface area contributed by atoms with Gasteiger partial charge in [-0.3, -0.25) is 9.59 Å². The first-order chi connectivity index (χ1) is 15.9. The van der Waals surface area contributed by atoms with Gasteiger partial charge in [0.05, 0.1) is 10.7 Å². The molecule has 0 aliphatic heterocycles. The Hall–Kier alpha value is -4.08. The highest BCUT2D eigenvalue weighted by molar-refractivity contribution is 6.34. The molecule has 2 amide bonds. The number of rotatable bonds is 7. The van der Waals surface area contributed by atoms with Crippen molar-refractivity contribution in [1.29, 1.82) is 5.26 Å². The van der Waals surface area contributed by atoms with Crippen molar-refractivity contribution in [3.05, 3.63) is 94.0 Å². The summed E-state index contributed by atoms with van der Waals surface area (Å²) in [6.45, 7) is 3.74. The minimum absolute atomic E-state index is 0.134. The Balaban J connectivity index is 1.70. The van der Waals surface area contributed by atoms with E-state index in [1.54, 1.807) is 48.5 Å². The number of nitrogens with zero attached hydrogens (tertiary/aromatic N) is 1. The van der Waals surface area contributed by atoms with Crippen molar-refractivity contribution in [1.82, 2.24) is 0 Å². The van der Waals surface area contributed by atoms with Crippen LogP contribution in [0.5, 0.6) is 5.75 Å². The van der Waals surface area contributed by atoms with Crippen LogP contribution in [0.15, 0.2) is 72.3 Å². The van der Waals surface area contributed by atoms with E-state index in [9.17, 15) is 14.9 Å². The quantitative estimate of drug-likeness (QED) is 0.359. The van der Waals surface area contributed by atoms with Crippen molar-refractivity contribution in [2.75, 3.05) is 17.2 Å². The molecule has 2 N–H and O–H groups in total. The first kappa shape index (κ1) is 23.6. The van der Waals surface area contributed by atoms with Gasteiger partial charge in [-0.15, -0.1) is 0 Å². The van der Waals surface area contributed by atoms with Gasteiger partial charge in [-0.1, -0.05) is 48.0 Å². The molecule has 0 heterocycles. The van der Waals surface area contributed by atoms with E-state index >= 15 is 0 Å². The summed E-state index contributed by atoms with van der Waals surface area (Å²) in [5.74, 6) is -0.562. The molecule has 3 rings (SSSR count). The number of carbonyl (C=O) groups excluding carboxylic acids is 2. The Kier molecular flexibility index (Phi) is 7.85. The molecule has 0 saturated heterocycles. The van der Waals surface area contributed by atoms with E-state index in [1.807, 2.05) is 38.1 Å². The first-order valence-electron chi connectivity index (χ1n) is 10.1.